The maximum absolute atomic E-state index is 13.7. The summed E-state index contributed by atoms with van der Waals surface area (Å²) in [6, 6.07) is 21.1. The van der Waals surface area contributed by atoms with Crippen LogP contribution in [0.2, 0.25) is 0 Å². The number of amides is 1. The molecule has 5 heteroatoms. The molecule has 0 radical (unpaired) electrons. The Morgan fingerprint density at radius 2 is 1.68 bits per heavy atom. The number of hydrogen-bond acceptors (Lipinski definition) is 3. The molecule has 34 heavy (non-hydrogen) atoms. The predicted octanol–water partition coefficient (Wildman–Crippen LogP) is 6.56. The van der Waals surface area contributed by atoms with Crippen molar-refractivity contribution in [3.63, 3.8) is 0 Å². The van der Waals surface area contributed by atoms with Gasteiger partial charge >= 0.3 is 6.09 Å². The van der Waals surface area contributed by atoms with Crippen LogP contribution in [0, 0.1) is 11.7 Å². The summed E-state index contributed by atoms with van der Waals surface area (Å²) in [5, 5.41) is 2.80. The molecule has 1 fully saturated rings. The minimum atomic E-state index is -0.436. The van der Waals surface area contributed by atoms with Gasteiger partial charge in [0.15, 0.2) is 0 Å². The first-order chi connectivity index (χ1) is 16.7. The van der Waals surface area contributed by atoms with Crippen molar-refractivity contribution in [2.24, 2.45) is 5.92 Å². The molecule has 5 rings (SSSR count). The fraction of sp³-hybridized carbons (Fsp3) is 0.276. The molecule has 0 saturated heterocycles. The molecular weight excluding hydrogens is 429 g/mol. The van der Waals surface area contributed by atoms with Crippen LogP contribution in [0.4, 0.5) is 9.18 Å². The number of hydrogen-bond donors (Lipinski definition) is 1. The molecule has 1 saturated carbocycles. The second-order valence-corrected chi connectivity index (χ2v) is 8.88. The predicted molar refractivity (Wildman–Crippen MR) is 131 cm³/mol. The third kappa shape index (κ3) is 5.14. The van der Waals surface area contributed by atoms with Gasteiger partial charge in [0.1, 0.15) is 18.2 Å². The lowest BCUT2D eigenvalue weighted by molar-refractivity contribution is 0.143. The van der Waals surface area contributed by atoms with Crippen molar-refractivity contribution in [3.05, 3.63) is 95.3 Å². The second kappa shape index (κ2) is 10.1. The monoisotopic (exact) mass is 457 g/mol. The number of carbonyl (C=O) groups is 1. The minimum absolute atomic E-state index is 0.0417. The van der Waals surface area contributed by atoms with Gasteiger partial charge in [-0.25, -0.2) is 9.18 Å². The van der Waals surface area contributed by atoms with E-state index in [0.717, 1.165) is 0 Å². The number of alkyl carbamates (subject to hydrolysis) is 1. The summed E-state index contributed by atoms with van der Waals surface area (Å²) < 4.78 is 25.1. The first kappa shape index (κ1) is 22.2. The van der Waals surface area contributed by atoms with Crippen LogP contribution in [-0.2, 0) is 4.74 Å². The minimum Gasteiger partial charge on any atom is -0.493 e. The van der Waals surface area contributed by atoms with Gasteiger partial charge in [-0.2, -0.15) is 0 Å². The van der Waals surface area contributed by atoms with E-state index in [2.05, 4.69) is 29.6 Å². The van der Waals surface area contributed by atoms with Crippen molar-refractivity contribution in [1.82, 2.24) is 5.32 Å². The van der Waals surface area contributed by atoms with Crippen LogP contribution in [0.3, 0.4) is 0 Å². The maximum Gasteiger partial charge on any atom is 0.407 e. The standard InChI is InChI=1S/C29H28FNO3/c30-22-14-15-28(33-18-20-12-13-20)21(17-22)7-5-6-16-31-29(32)34-19-27-25-10-3-1-8-23(25)24-9-2-4-11-26(24)27/h1-5,7-11,14-15,17,20,27H,6,12-13,16,18-19H2,(H,31,32). The molecular formula is C29H28FNO3. The molecule has 4 nitrogen and oxygen atoms in total. The van der Waals surface area contributed by atoms with Gasteiger partial charge in [-0.15, -0.1) is 0 Å². The molecule has 1 N–H and O–H groups in total. The van der Waals surface area contributed by atoms with E-state index in [1.165, 1.54) is 47.2 Å². The van der Waals surface area contributed by atoms with Crippen molar-refractivity contribution < 1.29 is 18.7 Å². The fourth-order valence-electron chi connectivity index (χ4n) is 4.39. The third-order valence-electron chi connectivity index (χ3n) is 6.36. The Hall–Kier alpha value is -3.60. The zero-order chi connectivity index (χ0) is 23.3. The summed E-state index contributed by atoms with van der Waals surface area (Å²) in [6.07, 6.45) is 6.31. The lowest BCUT2D eigenvalue weighted by Gasteiger charge is -2.14. The van der Waals surface area contributed by atoms with E-state index >= 15 is 0 Å². The summed E-state index contributed by atoms with van der Waals surface area (Å²) in [4.78, 5) is 12.3. The van der Waals surface area contributed by atoms with E-state index < -0.39 is 6.09 Å². The van der Waals surface area contributed by atoms with Gasteiger partial charge in [0.25, 0.3) is 0 Å². The molecule has 3 aromatic rings. The smallest absolute Gasteiger partial charge is 0.407 e. The van der Waals surface area contributed by atoms with Gasteiger partial charge in [-0.1, -0.05) is 60.7 Å². The SMILES string of the molecule is O=C(NCCC=Cc1cc(F)ccc1OCC1CC1)OCC1c2ccccc2-c2ccccc21. The number of halogens is 1. The molecule has 0 aromatic heterocycles. The first-order valence-electron chi connectivity index (χ1n) is 11.9. The normalized spacial score (nSPS) is 14.6. The van der Waals surface area contributed by atoms with Gasteiger partial charge in [0, 0.05) is 18.0 Å². The number of benzene rings is 3. The van der Waals surface area contributed by atoms with Crippen LogP contribution in [0.25, 0.3) is 17.2 Å². The summed E-state index contributed by atoms with van der Waals surface area (Å²) in [5.74, 6) is 1.06. The van der Waals surface area contributed by atoms with Crippen molar-refractivity contribution >= 4 is 12.2 Å². The summed E-state index contributed by atoms with van der Waals surface area (Å²) in [5.41, 5.74) is 5.50. The highest BCUT2D eigenvalue weighted by Crippen LogP contribution is 2.44. The summed E-state index contributed by atoms with van der Waals surface area (Å²) >= 11 is 0. The Bertz CT molecular complexity index is 1160. The van der Waals surface area contributed by atoms with Crippen molar-refractivity contribution in [1.29, 1.82) is 0 Å². The molecule has 2 aliphatic rings. The summed E-state index contributed by atoms with van der Waals surface area (Å²) in [6.45, 7) is 1.40. The molecule has 0 spiro atoms. The Kier molecular flexibility index (Phi) is 6.61. The fourth-order valence-corrected chi connectivity index (χ4v) is 4.39. The van der Waals surface area contributed by atoms with Crippen LogP contribution < -0.4 is 10.1 Å². The van der Waals surface area contributed by atoms with E-state index in [1.54, 1.807) is 6.07 Å². The number of ether oxygens (including phenoxy) is 2. The maximum atomic E-state index is 13.7. The van der Waals surface area contributed by atoms with Crippen LogP contribution >= 0.6 is 0 Å². The van der Waals surface area contributed by atoms with Gasteiger partial charge in [-0.05, 0) is 65.6 Å². The average molecular weight is 458 g/mol. The van der Waals surface area contributed by atoms with Crippen LogP contribution in [-0.4, -0.2) is 25.9 Å². The Morgan fingerprint density at radius 1 is 0.971 bits per heavy atom. The van der Waals surface area contributed by atoms with Crippen molar-refractivity contribution in [2.45, 2.75) is 25.2 Å². The van der Waals surface area contributed by atoms with E-state index in [0.29, 0.717) is 43.4 Å². The van der Waals surface area contributed by atoms with Gasteiger partial charge < -0.3 is 14.8 Å². The third-order valence-corrected chi connectivity index (χ3v) is 6.36. The number of nitrogens with one attached hydrogen (secondary N) is 1. The Morgan fingerprint density at radius 3 is 2.38 bits per heavy atom. The molecule has 0 aliphatic heterocycles. The molecule has 0 unspecified atom stereocenters. The average Bonchev–Trinajstić information content (AvgIpc) is 3.63. The molecule has 174 valence electrons. The molecule has 1 amide bonds. The van der Waals surface area contributed by atoms with Gasteiger partial charge in [0.05, 0.1) is 6.61 Å². The Balaban J connectivity index is 1.10. The first-order valence-corrected chi connectivity index (χ1v) is 11.9. The topological polar surface area (TPSA) is 47.6 Å². The van der Waals surface area contributed by atoms with E-state index in [9.17, 15) is 9.18 Å². The van der Waals surface area contributed by atoms with Gasteiger partial charge in [0.2, 0.25) is 0 Å². The van der Waals surface area contributed by atoms with E-state index in [4.69, 9.17) is 9.47 Å². The number of carbonyl (C=O) groups excluding carboxylic acids is 1. The van der Waals surface area contributed by atoms with E-state index in [-0.39, 0.29) is 11.7 Å². The number of rotatable bonds is 9. The number of fused-ring (bicyclic) bond motifs is 3. The molecule has 0 bridgehead atoms. The van der Waals surface area contributed by atoms with Crippen LogP contribution in [0.1, 0.15) is 41.9 Å². The molecule has 0 atom stereocenters. The molecule has 0 heterocycles. The van der Waals surface area contributed by atoms with E-state index in [1.807, 2.05) is 36.4 Å². The van der Waals surface area contributed by atoms with Crippen LogP contribution in [0.15, 0.2) is 72.8 Å². The lowest BCUT2D eigenvalue weighted by Crippen LogP contribution is -2.26. The van der Waals surface area contributed by atoms with Crippen molar-refractivity contribution in [3.8, 4) is 16.9 Å². The quantitative estimate of drug-likeness (QED) is 0.370. The zero-order valence-corrected chi connectivity index (χ0v) is 19.0. The van der Waals surface area contributed by atoms with Crippen LogP contribution in [0.5, 0.6) is 5.75 Å². The highest BCUT2D eigenvalue weighted by molar-refractivity contribution is 5.79. The summed E-state index contributed by atoms with van der Waals surface area (Å²) in [7, 11) is 0. The zero-order valence-electron chi connectivity index (χ0n) is 19.0. The lowest BCUT2D eigenvalue weighted by atomic mass is 9.98. The highest BCUT2D eigenvalue weighted by atomic mass is 19.1. The van der Waals surface area contributed by atoms with Gasteiger partial charge in [-0.3, -0.25) is 0 Å². The second-order valence-electron chi connectivity index (χ2n) is 8.88. The molecule has 3 aromatic carbocycles. The van der Waals surface area contributed by atoms with Crippen molar-refractivity contribution in [2.75, 3.05) is 19.8 Å². The molecule has 2 aliphatic carbocycles. The Labute approximate surface area is 199 Å². The largest absolute Gasteiger partial charge is 0.493 e. The highest BCUT2D eigenvalue weighted by Gasteiger charge is 2.29.